The number of amides is 2. The van der Waals surface area contributed by atoms with Crippen molar-refractivity contribution in [2.45, 2.75) is 64.7 Å². The highest BCUT2D eigenvalue weighted by atomic mass is 19.4. The van der Waals surface area contributed by atoms with Gasteiger partial charge in [0.05, 0.1) is 18.6 Å². The molecule has 2 amide bonds. The fraction of sp³-hybridized carbons (Fsp3) is 0.704. The molecule has 1 aliphatic heterocycles. The predicted octanol–water partition coefficient (Wildman–Crippen LogP) is 4.71. The normalized spacial score (nSPS) is 22.2. The maximum absolute atomic E-state index is 13.3. The maximum Gasteiger partial charge on any atom is 0.573 e. The van der Waals surface area contributed by atoms with Crippen LogP contribution in [0.3, 0.4) is 0 Å². The number of nitrogens with one attached hydrogen (secondary N) is 1. The summed E-state index contributed by atoms with van der Waals surface area (Å²) in [5, 5.41) is 3.22. The van der Waals surface area contributed by atoms with Crippen molar-refractivity contribution in [1.82, 2.24) is 4.90 Å². The van der Waals surface area contributed by atoms with Crippen molar-refractivity contribution in [2.75, 3.05) is 38.2 Å². The fourth-order valence-corrected chi connectivity index (χ4v) is 6.00. The number of primary amides is 1. The third-order valence-corrected chi connectivity index (χ3v) is 8.74. The van der Waals surface area contributed by atoms with Crippen molar-refractivity contribution < 1.29 is 32.2 Å². The van der Waals surface area contributed by atoms with Gasteiger partial charge in [-0.25, -0.2) is 0 Å². The van der Waals surface area contributed by atoms with Crippen LogP contribution in [0.25, 0.3) is 0 Å². The number of rotatable bonds is 10. The van der Waals surface area contributed by atoms with Gasteiger partial charge in [0.15, 0.2) is 0 Å². The Kier molecular flexibility index (Phi) is 8.26. The van der Waals surface area contributed by atoms with Crippen molar-refractivity contribution in [3.8, 4) is 5.75 Å². The Labute approximate surface area is 216 Å². The minimum Gasteiger partial charge on any atom is -0.406 e. The number of morpholine rings is 1. The van der Waals surface area contributed by atoms with Crippen molar-refractivity contribution in [2.24, 2.45) is 28.4 Å². The molecule has 1 aromatic rings. The lowest BCUT2D eigenvalue weighted by Crippen LogP contribution is -2.51. The van der Waals surface area contributed by atoms with E-state index in [-0.39, 0.29) is 24.0 Å². The van der Waals surface area contributed by atoms with Crippen LogP contribution in [0.5, 0.6) is 5.75 Å². The van der Waals surface area contributed by atoms with Crippen molar-refractivity contribution in [3.63, 3.8) is 0 Å². The summed E-state index contributed by atoms with van der Waals surface area (Å²) in [7, 11) is 0. The third kappa shape index (κ3) is 7.09. The van der Waals surface area contributed by atoms with Gasteiger partial charge in [0.25, 0.3) is 0 Å². The monoisotopic (exact) mass is 525 g/mol. The third-order valence-electron chi connectivity index (χ3n) is 8.74. The number of anilines is 1. The summed E-state index contributed by atoms with van der Waals surface area (Å²) in [6, 6.07) is 5.46. The van der Waals surface area contributed by atoms with E-state index in [2.05, 4.69) is 10.1 Å². The van der Waals surface area contributed by atoms with E-state index in [1.54, 1.807) is 4.90 Å². The molecule has 37 heavy (non-hydrogen) atoms. The first kappa shape index (κ1) is 27.5. The minimum absolute atomic E-state index is 0.0468. The maximum atomic E-state index is 13.3. The standard InChI is InChI=1S/C27H38F3N3O4/c1-19(18-32-21-2-4-22(5-3-21)37-27(28,29)30)26(24(31)35,17-23(34)33-12-14-36-15-13-33)16-20-6-8-25(9-7-20)10-11-25/h2-5,19-20,32H,6-18H2,1H3,(H2,31,35)/t19-,26-/m1/s1. The van der Waals surface area contributed by atoms with E-state index in [9.17, 15) is 22.8 Å². The molecular weight excluding hydrogens is 487 g/mol. The summed E-state index contributed by atoms with van der Waals surface area (Å²) in [6.07, 6.45) is 2.87. The molecule has 3 N–H and O–H groups in total. The lowest BCUT2D eigenvalue weighted by molar-refractivity contribution is -0.274. The number of ether oxygens (including phenoxy) is 2. The smallest absolute Gasteiger partial charge is 0.406 e. The Morgan fingerprint density at radius 1 is 1.14 bits per heavy atom. The van der Waals surface area contributed by atoms with Crippen LogP contribution in [0, 0.1) is 22.7 Å². The molecule has 2 saturated carbocycles. The molecule has 1 heterocycles. The Morgan fingerprint density at radius 2 is 1.76 bits per heavy atom. The summed E-state index contributed by atoms with van der Waals surface area (Å²) < 4.78 is 46.7. The van der Waals surface area contributed by atoms with Crippen molar-refractivity contribution in [1.29, 1.82) is 0 Å². The van der Waals surface area contributed by atoms with Gasteiger partial charge < -0.3 is 25.4 Å². The van der Waals surface area contributed by atoms with Crippen LogP contribution in [-0.4, -0.2) is 55.9 Å². The van der Waals surface area contributed by atoms with Gasteiger partial charge in [-0.1, -0.05) is 6.92 Å². The first-order valence-electron chi connectivity index (χ1n) is 13.3. The SMILES string of the molecule is C[C@H](CNc1ccc(OC(F)(F)F)cc1)[C@](CC(=O)N1CCOCC1)(CC1CCC2(CC1)CC2)C(N)=O. The molecule has 3 fully saturated rings. The molecule has 2 atom stereocenters. The molecule has 1 spiro atoms. The Balaban J connectivity index is 1.47. The second-order valence-corrected chi connectivity index (χ2v) is 11.2. The average molecular weight is 526 g/mol. The second-order valence-electron chi connectivity index (χ2n) is 11.2. The highest BCUT2D eigenvalue weighted by molar-refractivity contribution is 5.88. The van der Waals surface area contributed by atoms with Gasteiger partial charge in [-0.3, -0.25) is 9.59 Å². The van der Waals surface area contributed by atoms with E-state index in [4.69, 9.17) is 10.5 Å². The van der Waals surface area contributed by atoms with E-state index >= 15 is 0 Å². The first-order valence-corrected chi connectivity index (χ1v) is 13.3. The molecule has 1 saturated heterocycles. The topological polar surface area (TPSA) is 93.9 Å². The Bertz CT molecular complexity index is 935. The molecule has 0 unspecified atom stereocenters. The highest BCUT2D eigenvalue weighted by Crippen LogP contribution is 2.58. The van der Waals surface area contributed by atoms with E-state index in [0.29, 0.717) is 56.3 Å². The van der Waals surface area contributed by atoms with Crippen LogP contribution < -0.4 is 15.8 Å². The number of alkyl halides is 3. The summed E-state index contributed by atoms with van der Waals surface area (Å²) >= 11 is 0. The average Bonchev–Trinajstić information content (AvgIpc) is 3.62. The molecule has 7 nitrogen and oxygen atoms in total. The molecule has 1 aromatic carbocycles. The molecule has 0 bridgehead atoms. The van der Waals surface area contributed by atoms with E-state index in [1.807, 2.05) is 6.92 Å². The molecule has 4 rings (SSSR count). The van der Waals surface area contributed by atoms with Gasteiger partial charge in [0.2, 0.25) is 11.8 Å². The van der Waals surface area contributed by atoms with Crippen LogP contribution >= 0.6 is 0 Å². The van der Waals surface area contributed by atoms with E-state index in [1.165, 1.54) is 49.9 Å². The Hall–Kier alpha value is -2.49. The number of carbonyl (C=O) groups is 2. The van der Waals surface area contributed by atoms with E-state index < -0.39 is 17.7 Å². The highest BCUT2D eigenvalue weighted by Gasteiger charge is 2.49. The molecule has 0 radical (unpaired) electrons. The summed E-state index contributed by atoms with van der Waals surface area (Å²) in [6.45, 7) is 4.22. The quantitative estimate of drug-likeness (QED) is 0.461. The summed E-state index contributed by atoms with van der Waals surface area (Å²) in [5.74, 6) is -0.809. The molecule has 0 aromatic heterocycles. The number of hydrogen-bond donors (Lipinski definition) is 2. The van der Waals surface area contributed by atoms with Crippen LogP contribution in [0.15, 0.2) is 24.3 Å². The van der Waals surface area contributed by atoms with Gasteiger partial charge in [-0.15, -0.1) is 13.2 Å². The van der Waals surface area contributed by atoms with Crippen molar-refractivity contribution >= 4 is 17.5 Å². The van der Waals surface area contributed by atoms with Crippen molar-refractivity contribution in [3.05, 3.63) is 24.3 Å². The fourth-order valence-electron chi connectivity index (χ4n) is 6.00. The minimum atomic E-state index is -4.75. The summed E-state index contributed by atoms with van der Waals surface area (Å²) in [5.41, 5.74) is 6.18. The van der Waals surface area contributed by atoms with Gasteiger partial charge in [0.1, 0.15) is 5.75 Å². The van der Waals surface area contributed by atoms with Gasteiger partial charge >= 0.3 is 6.36 Å². The molecular formula is C27H38F3N3O4. The Morgan fingerprint density at radius 3 is 2.30 bits per heavy atom. The van der Waals surface area contributed by atoms with Crippen LogP contribution in [-0.2, 0) is 14.3 Å². The van der Waals surface area contributed by atoms with E-state index in [0.717, 1.165) is 12.8 Å². The van der Waals surface area contributed by atoms with Gasteiger partial charge in [0, 0.05) is 31.7 Å². The number of carbonyl (C=O) groups excluding carboxylic acids is 2. The molecule has 2 aliphatic carbocycles. The number of hydrogen-bond acceptors (Lipinski definition) is 5. The largest absolute Gasteiger partial charge is 0.573 e. The number of nitrogens with zero attached hydrogens (tertiary/aromatic N) is 1. The number of benzene rings is 1. The van der Waals surface area contributed by atoms with Gasteiger partial charge in [-0.05, 0) is 86.5 Å². The second kappa shape index (κ2) is 11.1. The zero-order valence-corrected chi connectivity index (χ0v) is 21.4. The van der Waals surface area contributed by atoms with Crippen LogP contribution in [0.2, 0.25) is 0 Å². The first-order chi connectivity index (χ1) is 17.5. The summed E-state index contributed by atoms with van der Waals surface area (Å²) in [4.78, 5) is 28.2. The molecule has 206 valence electrons. The van der Waals surface area contributed by atoms with Gasteiger partial charge in [-0.2, -0.15) is 0 Å². The molecule has 10 heteroatoms. The number of nitrogens with two attached hydrogens (primary N) is 1. The van der Waals surface area contributed by atoms with Crippen LogP contribution in [0.4, 0.5) is 18.9 Å². The predicted molar refractivity (Wildman–Crippen MR) is 133 cm³/mol. The lowest BCUT2D eigenvalue weighted by atomic mass is 9.64. The molecule has 3 aliphatic rings. The lowest BCUT2D eigenvalue weighted by Gasteiger charge is -2.42. The number of halogens is 3. The zero-order chi connectivity index (χ0) is 26.7. The zero-order valence-electron chi connectivity index (χ0n) is 21.4. The van der Waals surface area contributed by atoms with Crippen LogP contribution in [0.1, 0.15) is 58.3 Å².